The van der Waals surface area contributed by atoms with E-state index in [4.69, 9.17) is 5.73 Å². The Kier molecular flexibility index (Phi) is 3.63. The van der Waals surface area contributed by atoms with E-state index in [1.165, 1.54) is 11.3 Å². The van der Waals surface area contributed by atoms with Crippen LogP contribution in [0.1, 0.15) is 22.5 Å². The number of thiophene rings is 1. The number of anilines is 1. The van der Waals surface area contributed by atoms with Gasteiger partial charge in [-0.2, -0.15) is 0 Å². The number of rotatable bonds is 2. The molecule has 106 valence electrons. The first-order chi connectivity index (χ1) is 9.67. The highest BCUT2D eigenvalue weighted by Gasteiger charge is 2.25. The fourth-order valence-corrected chi connectivity index (χ4v) is 3.73. The number of likely N-dealkylation sites (tertiary alicyclic amines) is 1. The van der Waals surface area contributed by atoms with Crippen molar-refractivity contribution in [3.05, 3.63) is 29.1 Å². The first kappa shape index (κ1) is 13.4. The first-order valence-electron chi connectivity index (χ1n) is 6.86. The predicted octanol–water partition coefficient (Wildman–Crippen LogP) is 2.33. The molecule has 5 heteroatoms. The Balaban J connectivity index is 1.84. The van der Waals surface area contributed by atoms with Gasteiger partial charge >= 0.3 is 0 Å². The third-order valence-electron chi connectivity index (χ3n) is 3.82. The minimum atomic E-state index is 0.0721. The molecule has 1 unspecified atom stereocenters. The van der Waals surface area contributed by atoms with E-state index in [9.17, 15) is 9.90 Å². The van der Waals surface area contributed by atoms with Crippen molar-refractivity contribution in [3.63, 3.8) is 0 Å². The fourth-order valence-electron chi connectivity index (χ4n) is 2.72. The van der Waals surface area contributed by atoms with Gasteiger partial charge in [0.1, 0.15) is 0 Å². The van der Waals surface area contributed by atoms with Gasteiger partial charge in [0.15, 0.2) is 0 Å². The monoisotopic (exact) mass is 290 g/mol. The Morgan fingerprint density at radius 3 is 3.10 bits per heavy atom. The number of piperidine rings is 1. The van der Waals surface area contributed by atoms with Crippen LogP contribution in [0.2, 0.25) is 0 Å². The molecule has 4 nitrogen and oxygen atoms in total. The third kappa shape index (κ3) is 2.51. The van der Waals surface area contributed by atoms with Crippen LogP contribution in [0.3, 0.4) is 0 Å². The SMILES string of the molecule is Nc1ccc2sc(C(=O)N3CCCC(CO)C3)cc2c1. The summed E-state index contributed by atoms with van der Waals surface area (Å²) in [7, 11) is 0. The summed E-state index contributed by atoms with van der Waals surface area (Å²) in [6, 6.07) is 7.63. The summed E-state index contributed by atoms with van der Waals surface area (Å²) in [5, 5.41) is 10.3. The molecule has 1 aliphatic rings. The number of benzene rings is 1. The second-order valence-corrected chi connectivity index (χ2v) is 6.43. The average molecular weight is 290 g/mol. The number of nitrogen functional groups attached to an aromatic ring is 1. The topological polar surface area (TPSA) is 66.6 Å². The molecule has 2 heterocycles. The number of fused-ring (bicyclic) bond motifs is 1. The van der Waals surface area contributed by atoms with Crippen LogP contribution in [0.25, 0.3) is 10.1 Å². The molecule has 1 amide bonds. The quantitative estimate of drug-likeness (QED) is 0.834. The Bertz CT molecular complexity index is 638. The first-order valence-corrected chi connectivity index (χ1v) is 7.68. The number of amides is 1. The summed E-state index contributed by atoms with van der Waals surface area (Å²) in [6.07, 6.45) is 1.97. The second-order valence-electron chi connectivity index (χ2n) is 5.35. The molecule has 3 rings (SSSR count). The zero-order chi connectivity index (χ0) is 14.1. The Hall–Kier alpha value is -1.59. The van der Waals surface area contributed by atoms with Crippen LogP contribution in [-0.4, -0.2) is 35.6 Å². The number of aliphatic hydroxyl groups excluding tert-OH is 1. The van der Waals surface area contributed by atoms with Crippen LogP contribution < -0.4 is 5.73 Å². The molecule has 0 bridgehead atoms. The van der Waals surface area contributed by atoms with Gasteiger partial charge in [-0.1, -0.05) is 0 Å². The lowest BCUT2D eigenvalue weighted by Crippen LogP contribution is -2.40. The van der Waals surface area contributed by atoms with Gasteiger partial charge in [0.2, 0.25) is 0 Å². The van der Waals surface area contributed by atoms with Gasteiger partial charge in [-0.05, 0) is 48.4 Å². The maximum absolute atomic E-state index is 12.5. The van der Waals surface area contributed by atoms with Crippen molar-refractivity contribution in [3.8, 4) is 0 Å². The van der Waals surface area contributed by atoms with Gasteiger partial charge < -0.3 is 15.7 Å². The van der Waals surface area contributed by atoms with Crippen molar-refractivity contribution in [1.82, 2.24) is 4.90 Å². The molecular formula is C15H18N2O2S. The number of hydrogen-bond acceptors (Lipinski definition) is 4. The number of nitrogens with two attached hydrogens (primary N) is 1. The van der Waals surface area contributed by atoms with Crippen molar-refractivity contribution >= 4 is 33.0 Å². The minimum absolute atomic E-state index is 0.0721. The molecular weight excluding hydrogens is 272 g/mol. The lowest BCUT2D eigenvalue weighted by molar-refractivity contribution is 0.0625. The molecule has 3 N–H and O–H groups in total. The van der Waals surface area contributed by atoms with E-state index in [0.29, 0.717) is 12.2 Å². The second kappa shape index (κ2) is 5.42. The van der Waals surface area contributed by atoms with Gasteiger partial charge in [-0.25, -0.2) is 0 Å². The van der Waals surface area contributed by atoms with Crippen molar-refractivity contribution in [2.75, 3.05) is 25.4 Å². The standard InChI is InChI=1S/C15H18N2O2S/c16-12-3-4-13-11(6-12)7-14(20-13)15(19)17-5-1-2-10(8-17)9-18/h3-4,6-7,10,18H,1-2,5,8-9,16H2. The van der Waals surface area contributed by atoms with Crippen LogP contribution in [0.4, 0.5) is 5.69 Å². The van der Waals surface area contributed by atoms with Crippen molar-refractivity contribution in [1.29, 1.82) is 0 Å². The number of hydrogen-bond donors (Lipinski definition) is 2. The summed E-state index contributed by atoms with van der Waals surface area (Å²) in [6.45, 7) is 1.60. The molecule has 1 saturated heterocycles. The van der Waals surface area contributed by atoms with E-state index in [2.05, 4.69) is 0 Å². The van der Waals surface area contributed by atoms with E-state index in [0.717, 1.165) is 34.3 Å². The molecule has 1 aromatic carbocycles. The normalized spacial score (nSPS) is 19.4. The zero-order valence-electron chi connectivity index (χ0n) is 11.2. The van der Waals surface area contributed by atoms with E-state index in [-0.39, 0.29) is 18.4 Å². The molecule has 1 aromatic heterocycles. The maximum atomic E-state index is 12.5. The van der Waals surface area contributed by atoms with Gasteiger partial charge in [0, 0.05) is 30.1 Å². The number of aliphatic hydroxyl groups is 1. The molecule has 1 atom stereocenters. The van der Waals surface area contributed by atoms with Gasteiger partial charge in [0.05, 0.1) is 4.88 Å². The van der Waals surface area contributed by atoms with Crippen molar-refractivity contribution in [2.24, 2.45) is 5.92 Å². The molecule has 20 heavy (non-hydrogen) atoms. The molecule has 0 spiro atoms. The lowest BCUT2D eigenvalue weighted by Gasteiger charge is -2.31. The summed E-state index contributed by atoms with van der Waals surface area (Å²) < 4.78 is 1.08. The zero-order valence-corrected chi connectivity index (χ0v) is 12.0. The Labute approximate surface area is 121 Å². The van der Waals surface area contributed by atoms with Gasteiger partial charge in [-0.3, -0.25) is 4.79 Å². The van der Waals surface area contributed by atoms with Crippen LogP contribution in [0.15, 0.2) is 24.3 Å². The molecule has 0 radical (unpaired) electrons. The third-order valence-corrected chi connectivity index (χ3v) is 4.92. The minimum Gasteiger partial charge on any atom is -0.399 e. The highest BCUT2D eigenvalue weighted by molar-refractivity contribution is 7.20. The highest BCUT2D eigenvalue weighted by Crippen LogP contribution is 2.29. The van der Waals surface area contributed by atoms with Crippen LogP contribution in [0, 0.1) is 5.92 Å². The Morgan fingerprint density at radius 1 is 1.45 bits per heavy atom. The number of nitrogens with zero attached hydrogens (tertiary/aromatic N) is 1. The van der Waals surface area contributed by atoms with Crippen LogP contribution >= 0.6 is 11.3 Å². The van der Waals surface area contributed by atoms with Crippen LogP contribution in [-0.2, 0) is 0 Å². The van der Waals surface area contributed by atoms with E-state index in [1.807, 2.05) is 29.2 Å². The van der Waals surface area contributed by atoms with Crippen molar-refractivity contribution in [2.45, 2.75) is 12.8 Å². The molecule has 0 saturated carbocycles. The van der Waals surface area contributed by atoms with Crippen molar-refractivity contribution < 1.29 is 9.90 Å². The number of carbonyl (C=O) groups is 1. The van der Waals surface area contributed by atoms with Gasteiger partial charge in [-0.15, -0.1) is 11.3 Å². The molecule has 1 fully saturated rings. The highest BCUT2D eigenvalue weighted by atomic mass is 32.1. The smallest absolute Gasteiger partial charge is 0.263 e. The molecule has 1 aliphatic heterocycles. The lowest BCUT2D eigenvalue weighted by atomic mass is 9.99. The maximum Gasteiger partial charge on any atom is 0.263 e. The summed E-state index contributed by atoms with van der Waals surface area (Å²) >= 11 is 1.51. The molecule has 0 aliphatic carbocycles. The molecule has 2 aromatic rings. The van der Waals surface area contributed by atoms with E-state index < -0.39 is 0 Å². The van der Waals surface area contributed by atoms with Crippen LogP contribution in [0.5, 0.6) is 0 Å². The summed E-state index contributed by atoms with van der Waals surface area (Å²) in [4.78, 5) is 15.2. The predicted molar refractivity (Wildman–Crippen MR) is 82.0 cm³/mol. The fraction of sp³-hybridized carbons (Fsp3) is 0.400. The summed E-state index contributed by atoms with van der Waals surface area (Å²) in [5.74, 6) is 0.292. The van der Waals surface area contributed by atoms with Gasteiger partial charge in [0.25, 0.3) is 5.91 Å². The van der Waals surface area contributed by atoms with E-state index >= 15 is 0 Å². The largest absolute Gasteiger partial charge is 0.399 e. The summed E-state index contributed by atoms with van der Waals surface area (Å²) in [5.41, 5.74) is 6.49. The average Bonchev–Trinajstić information content (AvgIpc) is 2.89. The number of carbonyl (C=O) groups excluding carboxylic acids is 1. The Morgan fingerprint density at radius 2 is 2.30 bits per heavy atom. The van der Waals surface area contributed by atoms with E-state index in [1.54, 1.807) is 0 Å².